The molecular weight excluding hydrogens is 524 g/mol. The Morgan fingerprint density at radius 3 is 2.55 bits per heavy atom. The summed E-state index contributed by atoms with van der Waals surface area (Å²) in [6.07, 6.45) is -9.80. The fourth-order valence-corrected chi connectivity index (χ4v) is 3.53. The summed E-state index contributed by atoms with van der Waals surface area (Å²) >= 11 is 0. The van der Waals surface area contributed by atoms with Crippen LogP contribution >= 0.6 is 0 Å². The molecular formula is C22H19F6N7O3. The van der Waals surface area contributed by atoms with Crippen LogP contribution in [0.5, 0.6) is 0 Å². The molecule has 0 aliphatic rings. The molecule has 3 rings (SSSR count). The van der Waals surface area contributed by atoms with Gasteiger partial charge >= 0.3 is 12.4 Å². The van der Waals surface area contributed by atoms with Crippen molar-refractivity contribution in [3.05, 3.63) is 47.4 Å². The molecule has 16 heteroatoms. The van der Waals surface area contributed by atoms with E-state index in [0.717, 1.165) is 40.3 Å². The summed E-state index contributed by atoms with van der Waals surface area (Å²) in [5.41, 5.74) is -0.373. The van der Waals surface area contributed by atoms with E-state index in [9.17, 15) is 41.0 Å². The molecule has 0 fully saturated rings. The van der Waals surface area contributed by atoms with Gasteiger partial charge in [0.1, 0.15) is 11.7 Å². The maximum absolute atomic E-state index is 14.0. The fourth-order valence-electron chi connectivity index (χ4n) is 3.53. The molecule has 0 aliphatic heterocycles. The van der Waals surface area contributed by atoms with Gasteiger partial charge in [-0.15, -0.1) is 0 Å². The Labute approximate surface area is 214 Å². The average molecular weight is 546 g/mol. The van der Waals surface area contributed by atoms with Crippen molar-refractivity contribution in [2.45, 2.75) is 37.3 Å². The predicted octanol–water partition coefficient (Wildman–Crippen LogP) is 2.36. The summed E-state index contributed by atoms with van der Waals surface area (Å²) in [5.74, 6) is -4.11. The molecule has 1 aromatic carbocycles. The maximum Gasteiger partial charge on any atom is 0.430 e. The first-order valence-corrected chi connectivity index (χ1v) is 10.3. The minimum Gasteiger partial charge on any atom is -0.381 e. The number of halogens is 6. The monoisotopic (exact) mass is 546 g/mol. The van der Waals surface area contributed by atoms with E-state index in [0.29, 0.717) is 0 Å². The van der Waals surface area contributed by atoms with Crippen molar-refractivity contribution in [2.24, 2.45) is 0 Å². The van der Waals surface area contributed by atoms with E-state index in [4.69, 9.17) is 15.1 Å². The number of nitrogens with one attached hydrogen (secondary N) is 2. The lowest BCUT2D eigenvalue weighted by molar-refractivity contribution is -0.256. The molecule has 0 spiro atoms. The van der Waals surface area contributed by atoms with Gasteiger partial charge in [-0.05, 0) is 18.6 Å². The zero-order chi connectivity index (χ0) is 31.1. The number of nitrogens with two attached hydrogens (primary N) is 1. The molecule has 2 atom stereocenters. The van der Waals surface area contributed by atoms with Gasteiger partial charge in [0.15, 0.2) is 11.5 Å². The Kier molecular flexibility index (Phi) is 6.19. The highest BCUT2D eigenvalue weighted by atomic mass is 19.4. The number of likely N-dealkylation sites (N-methyl/N-ethyl adjacent to an activating group) is 1. The Morgan fingerprint density at radius 2 is 1.97 bits per heavy atom. The van der Waals surface area contributed by atoms with Gasteiger partial charge in [0.25, 0.3) is 17.4 Å². The van der Waals surface area contributed by atoms with Crippen molar-refractivity contribution >= 4 is 23.3 Å². The fraction of sp³-hybridized carbons (Fsp3) is 0.318. The smallest absolute Gasteiger partial charge is 0.381 e. The first kappa shape index (κ1) is 24.0. The second-order valence-electron chi connectivity index (χ2n) is 7.97. The number of alkyl halides is 6. The lowest BCUT2D eigenvalue weighted by Crippen LogP contribution is -2.53. The normalized spacial score (nSPS) is 15.9. The van der Waals surface area contributed by atoms with Crippen molar-refractivity contribution in [1.29, 1.82) is 5.26 Å². The molecule has 5 N–H and O–H groups in total. The van der Waals surface area contributed by atoms with Gasteiger partial charge in [-0.2, -0.15) is 31.6 Å². The Morgan fingerprint density at radius 1 is 1.29 bits per heavy atom. The average Bonchev–Trinajstić information content (AvgIpc) is 3.25. The number of carbonyl (C=O) groups excluding carboxylic acids is 2. The SMILES string of the molecule is [2H]C([2H])([2H])NC(=O)C(O)(c1ccc(C)c(-c2cnc3c(N)nc(C(=O)NC(CC#N)C(F)(F)F)cn23)c1)C(F)(F)F. The highest BCUT2D eigenvalue weighted by molar-refractivity contribution is 5.93. The standard InChI is InChI=1S/C22H19F6N7O3/c1-10-3-4-11(20(38,19(37)31-2)22(26,27)28)7-12(10)14-8-32-17-16(30)33-13(9-35(14)17)18(36)34-15(5-6-29)21(23,24)25/h3-4,7-9,15,38H,5H2,1-2H3,(H2,30,33)(H,31,37)(H,34,36)/i2D3. The summed E-state index contributed by atoms with van der Waals surface area (Å²) in [5, 5.41) is 21.9. The van der Waals surface area contributed by atoms with E-state index < -0.39 is 66.3 Å². The molecule has 38 heavy (non-hydrogen) atoms. The summed E-state index contributed by atoms with van der Waals surface area (Å²) in [6.45, 7) is -1.95. The van der Waals surface area contributed by atoms with Crippen LogP contribution in [0.2, 0.25) is 0 Å². The number of imidazole rings is 1. The van der Waals surface area contributed by atoms with Crippen molar-refractivity contribution < 1.29 is 45.2 Å². The molecule has 2 aromatic heterocycles. The summed E-state index contributed by atoms with van der Waals surface area (Å²) in [6, 6.07) is 1.31. The molecule has 2 heterocycles. The number of fused-ring (bicyclic) bond motifs is 1. The van der Waals surface area contributed by atoms with Gasteiger partial charge in [0.2, 0.25) is 0 Å². The number of aliphatic hydroxyl groups is 1. The van der Waals surface area contributed by atoms with E-state index >= 15 is 0 Å². The molecule has 0 bridgehead atoms. The molecule has 10 nitrogen and oxygen atoms in total. The molecule has 0 radical (unpaired) electrons. The Hall–Kier alpha value is -4.39. The number of rotatable bonds is 6. The van der Waals surface area contributed by atoms with Crippen LogP contribution in [0.15, 0.2) is 30.6 Å². The van der Waals surface area contributed by atoms with Crippen LogP contribution in [0, 0.1) is 18.3 Å². The second-order valence-corrected chi connectivity index (χ2v) is 7.97. The van der Waals surface area contributed by atoms with Crippen LogP contribution in [0.25, 0.3) is 16.9 Å². The first-order valence-electron chi connectivity index (χ1n) is 11.8. The highest BCUT2D eigenvalue weighted by Crippen LogP contribution is 2.41. The Bertz CT molecular complexity index is 1550. The molecule has 0 saturated heterocycles. The number of anilines is 1. The molecule has 0 aliphatic carbocycles. The van der Waals surface area contributed by atoms with Crippen molar-refractivity contribution in [3.8, 4) is 17.3 Å². The van der Waals surface area contributed by atoms with Gasteiger partial charge in [-0.1, -0.05) is 12.1 Å². The zero-order valence-electron chi connectivity index (χ0n) is 22.1. The number of hydrogen-bond acceptors (Lipinski definition) is 7. The summed E-state index contributed by atoms with van der Waals surface area (Å²) < 4.78 is 104. The third kappa shape index (κ3) is 4.92. The van der Waals surface area contributed by atoms with Crippen LogP contribution in [0.3, 0.4) is 0 Å². The predicted molar refractivity (Wildman–Crippen MR) is 119 cm³/mol. The van der Waals surface area contributed by atoms with Crippen LogP contribution < -0.4 is 16.4 Å². The number of hydrogen-bond donors (Lipinski definition) is 4. The number of nitriles is 1. The van der Waals surface area contributed by atoms with Crippen molar-refractivity contribution in [1.82, 2.24) is 25.0 Å². The topological polar surface area (TPSA) is 158 Å². The third-order valence-electron chi connectivity index (χ3n) is 5.53. The van der Waals surface area contributed by atoms with Gasteiger partial charge in [0.05, 0.1) is 24.4 Å². The largest absolute Gasteiger partial charge is 0.430 e. The number of aromatic nitrogens is 3. The van der Waals surface area contributed by atoms with E-state index in [1.165, 1.54) is 13.0 Å². The minimum atomic E-state index is -5.69. The van der Waals surface area contributed by atoms with Crippen LogP contribution in [-0.2, 0) is 10.4 Å². The van der Waals surface area contributed by atoms with E-state index in [1.807, 2.05) is 0 Å². The molecule has 202 valence electrons. The van der Waals surface area contributed by atoms with Crippen molar-refractivity contribution in [3.63, 3.8) is 0 Å². The highest BCUT2D eigenvalue weighted by Gasteiger charge is 2.60. The number of nitrogens with zero attached hydrogens (tertiary/aromatic N) is 4. The Balaban J connectivity index is 2.16. The molecule has 0 saturated carbocycles. The quantitative estimate of drug-likeness (QED) is 0.346. The van der Waals surface area contributed by atoms with Crippen LogP contribution in [-0.4, -0.2) is 56.7 Å². The number of nitrogen functional groups attached to an aromatic ring is 1. The minimum absolute atomic E-state index is 0.0901. The van der Waals surface area contributed by atoms with E-state index in [1.54, 1.807) is 5.32 Å². The number of carbonyl (C=O) groups is 2. The van der Waals surface area contributed by atoms with Gasteiger partial charge < -0.3 is 21.5 Å². The first-order chi connectivity index (χ1) is 18.7. The second kappa shape index (κ2) is 9.82. The third-order valence-corrected chi connectivity index (χ3v) is 5.53. The molecule has 2 unspecified atom stereocenters. The van der Waals surface area contributed by atoms with E-state index in [-0.39, 0.29) is 22.5 Å². The number of aryl methyl sites for hydroxylation is 1. The summed E-state index contributed by atoms with van der Waals surface area (Å²) in [7, 11) is 0. The molecule has 3 aromatic rings. The number of amides is 2. The number of benzene rings is 1. The zero-order valence-corrected chi connectivity index (χ0v) is 19.1. The van der Waals surface area contributed by atoms with Gasteiger partial charge in [-0.25, -0.2) is 9.97 Å². The van der Waals surface area contributed by atoms with Crippen molar-refractivity contribution in [2.75, 3.05) is 12.7 Å². The van der Waals surface area contributed by atoms with E-state index in [2.05, 4.69) is 9.97 Å². The van der Waals surface area contributed by atoms with Gasteiger partial charge in [0, 0.05) is 28.4 Å². The van der Waals surface area contributed by atoms with Crippen LogP contribution in [0.1, 0.15) is 32.1 Å². The molecule has 2 amide bonds. The van der Waals surface area contributed by atoms with Gasteiger partial charge in [-0.3, -0.25) is 14.0 Å². The lowest BCUT2D eigenvalue weighted by Gasteiger charge is -2.29. The summed E-state index contributed by atoms with van der Waals surface area (Å²) in [4.78, 5) is 32.6. The lowest BCUT2D eigenvalue weighted by atomic mass is 9.89. The maximum atomic E-state index is 14.0. The van der Waals surface area contributed by atoms with Crippen LogP contribution in [0.4, 0.5) is 32.2 Å².